The van der Waals surface area contributed by atoms with Crippen molar-refractivity contribution in [3.63, 3.8) is 0 Å². The van der Waals surface area contributed by atoms with Crippen LogP contribution < -0.4 is 10.2 Å². The fourth-order valence-corrected chi connectivity index (χ4v) is 5.93. The van der Waals surface area contributed by atoms with Crippen LogP contribution in [0.4, 0.5) is 5.82 Å². The monoisotopic (exact) mass is 489 g/mol. The van der Waals surface area contributed by atoms with Crippen molar-refractivity contribution in [3.8, 4) is 28.5 Å². The summed E-state index contributed by atoms with van der Waals surface area (Å²) >= 11 is 0. The lowest BCUT2D eigenvalue weighted by atomic mass is 9.79. The molecule has 36 heavy (non-hydrogen) atoms. The largest absolute Gasteiger partial charge is 0.507 e. The van der Waals surface area contributed by atoms with Crippen molar-refractivity contribution in [2.24, 2.45) is 5.92 Å². The van der Waals surface area contributed by atoms with Crippen molar-refractivity contribution in [1.29, 1.82) is 0 Å². The van der Waals surface area contributed by atoms with E-state index >= 15 is 0 Å². The van der Waals surface area contributed by atoms with E-state index in [0.29, 0.717) is 17.6 Å². The van der Waals surface area contributed by atoms with Crippen molar-refractivity contribution in [2.45, 2.75) is 90.3 Å². The molecule has 1 aliphatic heterocycles. The van der Waals surface area contributed by atoms with Gasteiger partial charge in [0.15, 0.2) is 5.82 Å². The number of nitrogens with one attached hydrogen (secondary N) is 1. The molecule has 0 amide bonds. The zero-order valence-corrected chi connectivity index (χ0v) is 22.4. The number of piperidine rings is 1. The fraction of sp³-hybridized carbons (Fsp3) is 0.552. The van der Waals surface area contributed by atoms with Gasteiger partial charge in [0.05, 0.1) is 11.9 Å². The summed E-state index contributed by atoms with van der Waals surface area (Å²) in [5, 5.41) is 24.1. The Morgan fingerprint density at radius 3 is 2.39 bits per heavy atom. The number of hydrogen-bond acceptors (Lipinski definition) is 7. The van der Waals surface area contributed by atoms with E-state index in [1.54, 1.807) is 12.3 Å². The number of oxazole rings is 1. The molecule has 2 aliphatic rings. The molecular weight excluding hydrogens is 450 g/mol. The lowest BCUT2D eigenvalue weighted by molar-refractivity contribution is 0.160. The summed E-state index contributed by atoms with van der Waals surface area (Å²) in [5.41, 5.74) is 3.41. The van der Waals surface area contributed by atoms with Crippen LogP contribution in [0.25, 0.3) is 22.7 Å². The summed E-state index contributed by atoms with van der Waals surface area (Å²) in [6.07, 6.45) is 8.35. The van der Waals surface area contributed by atoms with Gasteiger partial charge < -0.3 is 19.7 Å². The maximum atomic E-state index is 11.1. The molecule has 0 atom stereocenters. The second kappa shape index (κ2) is 9.18. The van der Waals surface area contributed by atoms with E-state index in [0.717, 1.165) is 59.9 Å². The molecular formula is C29H39N5O2. The summed E-state index contributed by atoms with van der Waals surface area (Å²) in [6.45, 7) is 10.9. The molecule has 0 spiro atoms. The predicted molar refractivity (Wildman–Crippen MR) is 143 cm³/mol. The normalized spacial score (nSPS) is 19.4. The summed E-state index contributed by atoms with van der Waals surface area (Å²) in [5.74, 6) is 3.10. The van der Waals surface area contributed by atoms with E-state index in [2.05, 4.69) is 66.2 Å². The molecule has 0 bridgehead atoms. The molecule has 3 heterocycles. The van der Waals surface area contributed by atoms with E-state index in [9.17, 15) is 5.11 Å². The number of phenolic OH excluding ortho intramolecular Hbond substituents is 1. The Balaban J connectivity index is 1.43. The average molecular weight is 490 g/mol. The fourth-order valence-electron chi connectivity index (χ4n) is 5.93. The first-order valence-electron chi connectivity index (χ1n) is 13.1. The zero-order valence-electron chi connectivity index (χ0n) is 22.4. The number of rotatable bonds is 7. The molecule has 7 nitrogen and oxygen atoms in total. The maximum absolute atomic E-state index is 11.1. The minimum Gasteiger partial charge on any atom is -0.507 e. The summed E-state index contributed by atoms with van der Waals surface area (Å²) in [7, 11) is 2.11. The van der Waals surface area contributed by atoms with Crippen LogP contribution in [-0.4, -0.2) is 44.5 Å². The first-order valence-corrected chi connectivity index (χ1v) is 13.1. The van der Waals surface area contributed by atoms with Crippen molar-refractivity contribution in [3.05, 3.63) is 41.8 Å². The van der Waals surface area contributed by atoms with E-state index in [1.807, 2.05) is 19.1 Å². The first kappa shape index (κ1) is 24.8. The Hall–Kier alpha value is -2.93. The first-order chi connectivity index (χ1) is 17.0. The summed E-state index contributed by atoms with van der Waals surface area (Å²) < 4.78 is 5.73. The smallest absolute Gasteiger partial charge is 0.226 e. The second-order valence-electron chi connectivity index (χ2n) is 12.1. The number of nitrogens with zero attached hydrogens (tertiary/aromatic N) is 4. The molecule has 3 aromatic rings. The van der Waals surface area contributed by atoms with Crippen LogP contribution >= 0.6 is 0 Å². The third-order valence-electron chi connectivity index (χ3n) is 7.57. The molecule has 1 aliphatic carbocycles. The summed E-state index contributed by atoms with van der Waals surface area (Å²) in [6, 6.07) is 8.19. The zero-order chi connectivity index (χ0) is 25.7. The topological polar surface area (TPSA) is 87.3 Å². The van der Waals surface area contributed by atoms with E-state index in [-0.39, 0.29) is 16.8 Å². The van der Waals surface area contributed by atoms with Gasteiger partial charge in [-0.2, -0.15) is 0 Å². The van der Waals surface area contributed by atoms with Gasteiger partial charge in [0.2, 0.25) is 5.89 Å². The Labute approximate surface area is 214 Å². The van der Waals surface area contributed by atoms with Gasteiger partial charge in [0, 0.05) is 35.3 Å². The van der Waals surface area contributed by atoms with Crippen LogP contribution in [0.2, 0.25) is 0 Å². The van der Waals surface area contributed by atoms with Crippen molar-refractivity contribution < 1.29 is 9.52 Å². The van der Waals surface area contributed by atoms with Gasteiger partial charge in [-0.05, 0) is 96.0 Å². The van der Waals surface area contributed by atoms with E-state index < -0.39 is 0 Å². The molecule has 2 N–H and O–H groups in total. The van der Waals surface area contributed by atoms with E-state index in [4.69, 9.17) is 4.42 Å². The Kier molecular flexibility index (Phi) is 6.31. The van der Waals surface area contributed by atoms with Gasteiger partial charge in [0.1, 0.15) is 11.5 Å². The minimum atomic E-state index is 0.0550. The number of aryl methyl sites for hydroxylation is 2. The van der Waals surface area contributed by atoms with Crippen LogP contribution in [0.5, 0.6) is 5.75 Å². The Bertz CT molecular complexity index is 1210. The third-order valence-corrected chi connectivity index (χ3v) is 7.57. The molecule has 1 saturated heterocycles. The van der Waals surface area contributed by atoms with Crippen molar-refractivity contribution in [1.82, 2.24) is 20.5 Å². The van der Waals surface area contributed by atoms with Crippen molar-refractivity contribution >= 4 is 5.82 Å². The van der Waals surface area contributed by atoms with Crippen LogP contribution in [0.15, 0.2) is 34.9 Å². The maximum Gasteiger partial charge on any atom is 0.226 e. The van der Waals surface area contributed by atoms with Gasteiger partial charge in [-0.15, -0.1) is 10.2 Å². The average Bonchev–Trinajstić information content (AvgIpc) is 3.53. The summed E-state index contributed by atoms with van der Waals surface area (Å²) in [4.78, 5) is 6.61. The van der Waals surface area contributed by atoms with Gasteiger partial charge in [-0.1, -0.05) is 12.8 Å². The predicted octanol–water partition coefficient (Wildman–Crippen LogP) is 5.90. The van der Waals surface area contributed by atoms with Crippen LogP contribution in [0.1, 0.15) is 71.1 Å². The number of benzene rings is 1. The lowest BCUT2D eigenvalue weighted by Crippen LogP contribution is -2.62. The van der Waals surface area contributed by atoms with E-state index in [1.165, 1.54) is 12.8 Å². The highest BCUT2D eigenvalue weighted by atomic mass is 16.4. The molecule has 192 valence electrons. The van der Waals surface area contributed by atoms with Gasteiger partial charge in [-0.25, -0.2) is 4.98 Å². The van der Waals surface area contributed by atoms with Crippen molar-refractivity contribution in [2.75, 3.05) is 11.9 Å². The number of aromatic nitrogens is 3. The highest BCUT2D eigenvalue weighted by Gasteiger charge is 2.39. The second-order valence-corrected chi connectivity index (χ2v) is 12.1. The third kappa shape index (κ3) is 5.41. The minimum absolute atomic E-state index is 0.0550. The molecule has 5 rings (SSSR count). The highest BCUT2D eigenvalue weighted by Crippen LogP contribution is 2.40. The molecule has 1 saturated carbocycles. The van der Waals surface area contributed by atoms with Gasteiger partial charge >= 0.3 is 0 Å². The number of anilines is 1. The highest BCUT2D eigenvalue weighted by molar-refractivity contribution is 5.76. The molecule has 1 aromatic carbocycles. The number of aromatic hydroxyl groups is 1. The number of phenols is 1. The number of hydrogen-bond donors (Lipinski definition) is 2. The van der Waals surface area contributed by atoms with Gasteiger partial charge in [-0.3, -0.25) is 0 Å². The lowest BCUT2D eigenvalue weighted by Gasteiger charge is -2.49. The van der Waals surface area contributed by atoms with Crippen LogP contribution in [0, 0.1) is 12.8 Å². The standard InChI is InChI=1S/C29H39N5O2/c1-18-17-30-27(36-18)21-13-20(10-9-19-7-8-19)26(24(35)14-21)23-11-12-25(32-31-23)34(6)22-15-28(2,3)33-29(4,5)16-22/h11-14,17,19,22,33,35H,7-10,15-16H2,1-6H3. The quantitative estimate of drug-likeness (QED) is 0.427. The molecule has 7 heteroatoms. The van der Waals surface area contributed by atoms with Crippen LogP contribution in [-0.2, 0) is 6.42 Å². The molecule has 0 unspecified atom stereocenters. The Morgan fingerprint density at radius 1 is 1.08 bits per heavy atom. The van der Waals surface area contributed by atoms with Gasteiger partial charge in [0.25, 0.3) is 0 Å². The SMILES string of the molecule is Cc1cnc(-c2cc(O)c(-c3ccc(N(C)C4CC(C)(C)NC(C)(C)C4)nn3)c(CCC3CC3)c2)o1. The molecule has 2 aromatic heterocycles. The molecule has 0 radical (unpaired) electrons. The van der Waals surface area contributed by atoms with Crippen LogP contribution in [0.3, 0.4) is 0 Å². The Morgan fingerprint density at radius 2 is 1.81 bits per heavy atom. The molecule has 2 fully saturated rings.